The van der Waals surface area contributed by atoms with E-state index in [1.807, 2.05) is 18.3 Å². The Morgan fingerprint density at radius 3 is 3.06 bits per heavy atom. The zero-order valence-electron chi connectivity index (χ0n) is 9.74. The highest BCUT2D eigenvalue weighted by Gasteiger charge is 2.18. The van der Waals surface area contributed by atoms with E-state index in [2.05, 4.69) is 19.4 Å². The van der Waals surface area contributed by atoms with Gasteiger partial charge in [0.1, 0.15) is 17.7 Å². The fourth-order valence-electron chi connectivity index (χ4n) is 2.09. The van der Waals surface area contributed by atoms with Gasteiger partial charge in [-0.05, 0) is 12.1 Å². The Balaban J connectivity index is 1.91. The third-order valence-electron chi connectivity index (χ3n) is 3.09. The molecule has 18 heavy (non-hydrogen) atoms. The third kappa shape index (κ3) is 1.66. The molecule has 2 aromatic heterocycles. The maximum Gasteiger partial charge on any atom is 0.165 e. The summed E-state index contributed by atoms with van der Waals surface area (Å²) in [5, 5.41) is 8.94. The number of hydrogen-bond acceptors (Lipinski definition) is 5. The average molecular weight is 240 g/mol. The van der Waals surface area contributed by atoms with Gasteiger partial charge in [-0.15, -0.1) is 0 Å². The number of rotatable bonds is 1. The minimum atomic E-state index is 0.279. The molecule has 6 heteroatoms. The number of aromatic nitrogens is 3. The van der Waals surface area contributed by atoms with Crippen LogP contribution in [-0.2, 0) is 13.1 Å². The van der Waals surface area contributed by atoms with Crippen LogP contribution in [0.4, 0.5) is 11.5 Å². The second-order valence-corrected chi connectivity index (χ2v) is 4.18. The van der Waals surface area contributed by atoms with Crippen molar-refractivity contribution >= 4 is 11.5 Å². The monoisotopic (exact) mass is 240 g/mol. The van der Waals surface area contributed by atoms with Crippen molar-refractivity contribution in [2.24, 2.45) is 0 Å². The summed E-state index contributed by atoms with van der Waals surface area (Å²) in [4.78, 5) is 10.7. The zero-order valence-corrected chi connectivity index (χ0v) is 9.74. The number of nitrogens with two attached hydrogens (primary N) is 1. The lowest BCUT2D eigenvalue weighted by Gasteiger charge is -2.28. The van der Waals surface area contributed by atoms with E-state index in [1.165, 1.54) is 0 Å². The molecule has 2 N–H and O–H groups in total. The van der Waals surface area contributed by atoms with Gasteiger partial charge in [0.05, 0.1) is 12.2 Å². The van der Waals surface area contributed by atoms with Crippen LogP contribution in [-0.4, -0.2) is 21.1 Å². The molecule has 0 bridgehead atoms. The zero-order chi connectivity index (χ0) is 12.5. The van der Waals surface area contributed by atoms with Crippen molar-refractivity contribution in [3.8, 4) is 6.07 Å². The molecular formula is C12H12N6. The SMILES string of the molecule is N#Cc1nc(N2CCn3ccnc3C2)ccc1N. The van der Waals surface area contributed by atoms with Crippen LogP contribution in [0.15, 0.2) is 24.5 Å². The molecule has 1 aliphatic rings. The first kappa shape index (κ1) is 10.6. The number of pyridine rings is 1. The Morgan fingerprint density at radius 1 is 1.33 bits per heavy atom. The lowest BCUT2D eigenvalue weighted by atomic mass is 10.3. The van der Waals surface area contributed by atoms with Crippen LogP contribution >= 0.6 is 0 Å². The van der Waals surface area contributed by atoms with Crippen LogP contribution in [0.3, 0.4) is 0 Å². The van der Waals surface area contributed by atoms with Crippen molar-refractivity contribution in [2.45, 2.75) is 13.1 Å². The molecular weight excluding hydrogens is 228 g/mol. The third-order valence-corrected chi connectivity index (χ3v) is 3.09. The summed E-state index contributed by atoms with van der Waals surface area (Å²) in [6, 6.07) is 5.57. The van der Waals surface area contributed by atoms with E-state index in [-0.39, 0.29) is 5.69 Å². The van der Waals surface area contributed by atoms with Gasteiger partial charge >= 0.3 is 0 Å². The van der Waals surface area contributed by atoms with E-state index in [0.717, 1.165) is 24.7 Å². The van der Waals surface area contributed by atoms with E-state index in [1.54, 1.807) is 12.3 Å². The summed E-state index contributed by atoms with van der Waals surface area (Å²) in [6.07, 6.45) is 3.78. The van der Waals surface area contributed by atoms with Crippen molar-refractivity contribution < 1.29 is 0 Å². The van der Waals surface area contributed by atoms with Crippen LogP contribution in [0, 0.1) is 11.3 Å². The predicted octanol–water partition coefficient (Wildman–Crippen LogP) is 0.752. The standard InChI is InChI=1S/C12H12N6/c13-7-10-9(14)1-2-11(16-10)18-6-5-17-4-3-15-12(17)8-18/h1-4H,5-6,8,14H2. The molecule has 90 valence electrons. The number of anilines is 2. The maximum atomic E-state index is 8.94. The van der Waals surface area contributed by atoms with Gasteiger partial charge in [0.15, 0.2) is 5.69 Å². The van der Waals surface area contributed by atoms with Gasteiger partial charge in [-0.2, -0.15) is 5.26 Å². The molecule has 3 heterocycles. The van der Waals surface area contributed by atoms with E-state index in [9.17, 15) is 0 Å². The first-order valence-electron chi connectivity index (χ1n) is 5.69. The molecule has 2 aromatic rings. The second kappa shape index (κ2) is 4.04. The average Bonchev–Trinajstić information content (AvgIpc) is 2.86. The van der Waals surface area contributed by atoms with Gasteiger partial charge in [0, 0.05) is 25.5 Å². The van der Waals surface area contributed by atoms with Gasteiger partial charge in [-0.3, -0.25) is 0 Å². The number of nitrogen functional groups attached to an aromatic ring is 1. The van der Waals surface area contributed by atoms with Crippen molar-refractivity contribution in [3.05, 3.63) is 36.0 Å². The summed E-state index contributed by atoms with van der Waals surface area (Å²) in [7, 11) is 0. The molecule has 1 aliphatic heterocycles. The first-order valence-corrected chi connectivity index (χ1v) is 5.69. The number of hydrogen-bond donors (Lipinski definition) is 1. The molecule has 0 saturated carbocycles. The van der Waals surface area contributed by atoms with Crippen LogP contribution < -0.4 is 10.6 Å². The summed E-state index contributed by atoms with van der Waals surface area (Å²) in [5.74, 6) is 1.79. The molecule has 0 radical (unpaired) electrons. The second-order valence-electron chi connectivity index (χ2n) is 4.18. The highest BCUT2D eigenvalue weighted by atomic mass is 15.3. The lowest BCUT2D eigenvalue weighted by molar-refractivity contribution is 0.556. The number of imidazole rings is 1. The molecule has 0 fully saturated rings. The highest BCUT2D eigenvalue weighted by Crippen LogP contribution is 2.20. The maximum absolute atomic E-state index is 8.94. The van der Waals surface area contributed by atoms with Gasteiger partial charge in [0.2, 0.25) is 0 Å². The number of fused-ring (bicyclic) bond motifs is 1. The van der Waals surface area contributed by atoms with Crippen molar-refractivity contribution in [3.63, 3.8) is 0 Å². The van der Waals surface area contributed by atoms with Crippen LogP contribution in [0.5, 0.6) is 0 Å². The van der Waals surface area contributed by atoms with Crippen LogP contribution in [0.25, 0.3) is 0 Å². The lowest BCUT2D eigenvalue weighted by Crippen LogP contribution is -2.34. The fraction of sp³-hybridized carbons (Fsp3) is 0.250. The van der Waals surface area contributed by atoms with Crippen LogP contribution in [0.1, 0.15) is 11.5 Å². The van der Waals surface area contributed by atoms with Gasteiger partial charge in [-0.25, -0.2) is 9.97 Å². The normalized spacial score (nSPS) is 14.1. The van der Waals surface area contributed by atoms with E-state index >= 15 is 0 Å². The molecule has 0 atom stereocenters. The first-order chi connectivity index (χ1) is 8.78. The summed E-state index contributed by atoms with van der Waals surface area (Å²) in [6.45, 7) is 2.43. The minimum absolute atomic E-state index is 0.279. The van der Waals surface area contributed by atoms with Crippen LogP contribution in [0.2, 0.25) is 0 Å². The minimum Gasteiger partial charge on any atom is -0.396 e. The molecule has 6 nitrogen and oxygen atoms in total. The topological polar surface area (TPSA) is 83.8 Å². The Morgan fingerprint density at radius 2 is 2.22 bits per heavy atom. The summed E-state index contributed by atoms with van der Waals surface area (Å²) >= 11 is 0. The van der Waals surface area contributed by atoms with Crippen molar-refractivity contribution in [2.75, 3.05) is 17.2 Å². The van der Waals surface area contributed by atoms with Gasteiger partial charge in [0.25, 0.3) is 0 Å². The molecule has 0 aromatic carbocycles. The van der Waals surface area contributed by atoms with E-state index in [4.69, 9.17) is 11.0 Å². The van der Waals surface area contributed by atoms with Gasteiger partial charge < -0.3 is 15.2 Å². The van der Waals surface area contributed by atoms with Gasteiger partial charge in [-0.1, -0.05) is 0 Å². The molecule has 0 spiro atoms. The smallest absolute Gasteiger partial charge is 0.165 e. The summed E-state index contributed by atoms with van der Waals surface area (Å²) < 4.78 is 2.12. The Labute approximate surface area is 104 Å². The quantitative estimate of drug-likeness (QED) is 0.795. The Hall–Kier alpha value is -2.55. The Bertz CT molecular complexity index is 624. The molecule has 0 unspecified atom stereocenters. The molecule has 0 saturated heterocycles. The molecule has 3 rings (SSSR count). The number of nitrogens with zero attached hydrogens (tertiary/aromatic N) is 5. The number of nitriles is 1. The van der Waals surface area contributed by atoms with Crippen molar-refractivity contribution in [1.29, 1.82) is 5.26 Å². The van der Waals surface area contributed by atoms with E-state index < -0.39 is 0 Å². The summed E-state index contributed by atoms with van der Waals surface area (Å²) in [5.41, 5.74) is 6.37. The highest BCUT2D eigenvalue weighted by molar-refractivity contribution is 5.55. The molecule has 0 aliphatic carbocycles. The fourth-order valence-corrected chi connectivity index (χ4v) is 2.09. The predicted molar refractivity (Wildman–Crippen MR) is 66.6 cm³/mol. The van der Waals surface area contributed by atoms with Crippen molar-refractivity contribution in [1.82, 2.24) is 14.5 Å². The Kier molecular flexibility index (Phi) is 2.38. The largest absolute Gasteiger partial charge is 0.396 e. The molecule has 0 amide bonds. The van der Waals surface area contributed by atoms with E-state index in [0.29, 0.717) is 12.2 Å².